The van der Waals surface area contributed by atoms with Crippen molar-refractivity contribution in [1.82, 2.24) is 0 Å². The van der Waals surface area contributed by atoms with Crippen molar-refractivity contribution in [3.63, 3.8) is 0 Å². The van der Waals surface area contributed by atoms with Gasteiger partial charge in [-0.3, -0.25) is 18.6 Å². The van der Waals surface area contributed by atoms with Crippen LogP contribution in [0.4, 0.5) is 0 Å². The van der Waals surface area contributed by atoms with Gasteiger partial charge in [-0.15, -0.1) is 0 Å². The van der Waals surface area contributed by atoms with E-state index >= 15 is 0 Å². The molecule has 15 heteroatoms. The van der Waals surface area contributed by atoms with Crippen LogP contribution in [0.3, 0.4) is 0 Å². The summed E-state index contributed by atoms with van der Waals surface area (Å²) in [5.41, 5.74) is -4.32. The first kappa shape index (κ1) is 38.9. The lowest BCUT2D eigenvalue weighted by Gasteiger charge is -2.68. The van der Waals surface area contributed by atoms with Gasteiger partial charge in [-0.1, -0.05) is 40.5 Å². The van der Waals surface area contributed by atoms with Crippen LogP contribution in [0.2, 0.25) is 0 Å². The molecule has 4 saturated carbocycles. The summed E-state index contributed by atoms with van der Waals surface area (Å²) >= 11 is 0. The Bertz CT molecular complexity index is 1320. The molecule has 4 aliphatic rings. The summed E-state index contributed by atoms with van der Waals surface area (Å²) < 4.78 is 57.4. The topological polar surface area (TPSA) is 226 Å². The zero-order valence-electron chi connectivity index (χ0n) is 28.9. The molecule has 4 N–H and O–H groups in total. The lowest BCUT2D eigenvalue weighted by Crippen LogP contribution is -2.77. The van der Waals surface area contributed by atoms with Crippen molar-refractivity contribution in [2.75, 3.05) is 6.61 Å². The Balaban J connectivity index is 1.74. The monoisotopic (exact) mass is 705 g/mol. The van der Waals surface area contributed by atoms with E-state index in [1.54, 1.807) is 6.92 Å². The van der Waals surface area contributed by atoms with E-state index < -0.39 is 99.1 Å². The van der Waals surface area contributed by atoms with E-state index in [2.05, 4.69) is 0 Å². The SMILES string of the molecule is CC(=O)OCC(C)CCC[C@@H](C)[C@H]1[C@@H](OC(C)=O)[C@@H](O)[C@@H]2[C@]1(C)CC[C@@H]1[C@@]3(C)CC[C@H](OC(C)=O)[C@H](O)[C@@H]3[C@@H](OS(=O)(=O)[O-])[C@@H](O)[C@]12O. The fourth-order valence-electron chi connectivity index (χ4n) is 10.7. The molecule has 4 fully saturated rings. The Morgan fingerprint density at radius 2 is 1.48 bits per heavy atom. The van der Waals surface area contributed by atoms with Gasteiger partial charge in [0.1, 0.15) is 30.0 Å². The van der Waals surface area contributed by atoms with Crippen LogP contribution >= 0.6 is 0 Å². The summed E-state index contributed by atoms with van der Waals surface area (Å²) in [5, 5.41) is 48.5. The smallest absolute Gasteiger partial charge is 0.303 e. The highest BCUT2D eigenvalue weighted by molar-refractivity contribution is 7.80. The third kappa shape index (κ3) is 7.02. The van der Waals surface area contributed by atoms with Crippen molar-refractivity contribution in [2.24, 2.45) is 46.3 Å². The van der Waals surface area contributed by atoms with Crippen LogP contribution in [0.25, 0.3) is 0 Å². The predicted octanol–water partition coefficient (Wildman–Crippen LogP) is 1.61. The second-order valence-corrected chi connectivity index (χ2v) is 16.5. The molecule has 48 heavy (non-hydrogen) atoms. The zero-order valence-corrected chi connectivity index (χ0v) is 29.7. The Kier molecular flexibility index (Phi) is 11.4. The summed E-state index contributed by atoms with van der Waals surface area (Å²) in [6.45, 7) is 11.6. The largest absolute Gasteiger partial charge is 0.726 e. The Morgan fingerprint density at radius 1 is 0.875 bits per heavy atom. The summed E-state index contributed by atoms with van der Waals surface area (Å²) in [6.07, 6.45) is -5.96. The van der Waals surface area contributed by atoms with Gasteiger partial charge in [0.05, 0.1) is 18.8 Å². The summed E-state index contributed by atoms with van der Waals surface area (Å²) in [7, 11) is -5.49. The van der Waals surface area contributed by atoms with Gasteiger partial charge in [-0.05, 0) is 60.7 Å². The van der Waals surface area contributed by atoms with Gasteiger partial charge in [0.2, 0.25) is 10.4 Å². The normalized spacial score (nSPS) is 43.6. The lowest BCUT2D eigenvalue weighted by molar-refractivity contribution is -0.318. The molecule has 0 radical (unpaired) electrons. The molecular formula is C33H53O14S-. The van der Waals surface area contributed by atoms with E-state index in [0.29, 0.717) is 12.8 Å². The Labute approximate surface area is 282 Å². The number of hydrogen-bond acceptors (Lipinski definition) is 14. The number of hydrogen-bond donors (Lipinski definition) is 4. The molecule has 0 spiro atoms. The lowest BCUT2D eigenvalue weighted by atomic mass is 9.40. The van der Waals surface area contributed by atoms with Crippen molar-refractivity contribution in [1.29, 1.82) is 0 Å². The molecule has 14 nitrogen and oxygen atoms in total. The second kappa shape index (κ2) is 14.0. The van der Waals surface area contributed by atoms with Crippen LogP contribution < -0.4 is 0 Å². The van der Waals surface area contributed by atoms with Crippen molar-refractivity contribution in [3.8, 4) is 0 Å². The zero-order chi connectivity index (χ0) is 36.1. The predicted molar refractivity (Wildman–Crippen MR) is 166 cm³/mol. The van der Waals surface area contributed by atoms with Crippen LogP contribution in [-0.2, 0) is 43.2 Å². The third-order valence-corrected chi connectivity index (χ3v) is 12.8. The minimum Gasteiger partial charge on any atom is -0.726 e. The standard InChI is InChI=1S/C33H54O14S/c1-16(15-44-18(3)34)9-8-10-17(2)23-27(46-20(5)36)26(38)29-32(23,7)14-12-22-31(6)13-11-21(45-19(4)35)25(37)24(31)28(47-48(41,42)43)30(39)33(22,29)40/h16-17,21-30,37-40H,8-15H2,1-7H3,(H,41,42,43)/p-1/t16?,17-,21+,22-,23+,24-,25+,26-,27-,28-,29-,30-,31-,32-,33+/m1/s1. The number of carbonyl (C=O) groups is 3. The molecule has 0 aromatic rings. The average Bonchev–Trinajstić information content (AvgIpc) is 3.17. The van der Waals surface area contributed by atoms with E-state index in [4.69, 9.17) is 18.4 Å². The van der Waals surface area contributed by atoms with E-state index in [-0.39, 0.29) is 43.7 Å². The summed E-state index contributed by atoms with van der Waals surface area (Å²) in [6, 6.07) is 0. The molecule has 0 aromatic heterocycles. The minimum atomic E-state index is -5.49. The quantitative estimate of drug-likeness (QED) is 0.104. The van der Waals surface area contributed by atoms with Crippen LogP contribution in [0.1, 0.15) is 93.4 Å². The van der Waals surface area contributed by atoms with Gasteiger partial charge in [0.15, 0.2) is 0 Å². The van der Waals surface area contributed by atoms with Gasteiger partial charge in [0.25, 0.3) is 0 Å². The first-order valence-electron chi connectivity index (χ1n) is 17.0. The van der Waals surface area contributed by atoms with Crippen molar-refractivity contribution in [3.05, 3.63) is 0 Å². The van der Waals surface area contributed by atoms with Crippen molar-refractivity contribution < 1.29 is 66.2 Å². The van der Waals surface area contributed by atoms with Gasteiger partial charge in [-0.25, -0.2) is 8.42 Å². The number of ether oxygens (including phenoxy) is 3. The van der Waals surface area contributed by atoms with Gasteiger partial charge in [-0.2, -0.15) is 0 Å². The fraction of sp³-hybridized carbons (Fsp3) is 0.909. The van der Waals surface area contributed by atoms with Crippen LogP contribution in [0, 0.1) is 46.3 Å². The van der Waals surface area contributed by atoms with E-state index in [1.165, 1.54) is 13.8 Å². The molecule has 0 heterocycles. The van der Waals surface area contributed by atoms with E-state index in [9.17, 15) is 47.8 Å². The fourth-order valence-corrected chi connectivity index (χ4v) is 11.2. The maximum Gasteiger partial charge on any atom is 0.303 e. The third-order valence-electron chi connectivity index (χ3n) is 12.3. The summed E-state index contributed by atoms with van der Waals surface area (Å²) in [5.74, 6) is -5.43. The minimum absolute atomic E-state index is 0.102. The van der Waals surface area contributed by atoms with E-state index in [0.717, 1.165) is 19.8 Å². The first-order valence-corrected chi connectivity index (χ1v) is 18.3. The highest BCUT2D eigenvalue weighted by Crippen LogP contribution is 2.70. The number of esters is 3. The number of aliphatic hydroxyl groups is 4. The molecule has 276 valence electrons. The molecule has 0 aromatic carbocycles. The maximum absolute atomic E-state index is 12.9. The molecular weight excluding hydrogens is 652 g/mol. The molecule has 0 amide bonds. The maximum atomic E-state index is 12.9. The number of rotatable bonds is 11. The Hall–Kier alpha value is -1.88. The van der Waals surface area contributed by atoms with Crippen LogP contribution in [0.15, 0.2) is 0 Å². The first-order chi connectivity index (χ1) is 22.1. The molecule has 0 saturated heterocycles. The molecule has 15 atom stereocenters. The molecule has 4 rings (SSSR count). The van der Waals surface area contributed by atoms with E-state index in [1.807, 2.05) is 20.8 Å². The number of aliphatic hydroxyl groups excluding tert-OH is 3. The highest BCUT2D eigenvalue weighted by Gasteiger charge is 2.77. The Morgan fingerprint density at radius 3 is 2.04 bits per heavy atom. The second-order valence-electron chi connectivity index (χ2n) is 15.5. The molecule has 0 bridgehead atoms. The number of fused-ring (bicyclic) bond motifs is 5. The van der Waals surface area contributed by atoms with Gasteiger partial charge in [0, 0.05) is 38.5 Å². The van der Waals surface area contributed by atoms with Gasteiger partial charge < -0.3 is 39.2 Å². The summed E-state index contributed by atoms with van der Waals surface area (Å²) in [4.78, 5) is 35.4. The number of carbonyl (C=O) groups excluding carboxylic acids is 3. The highest BCUT2D eigenvalue weighted by atomic mass is 32.3. The van der Waals surface area contributed by atoms with Crippen molar-refractivity contribution >= 4 is 28.3 Å². The van der Waals surface area contributed by atoms with Crippen molar-refractivity contribution in [2.45, 2.75) is 136 Å². The molecule has 4 aliphatic carbocycles. The molecule has 0 aliphatic heterocycles. The average molecular weight is 706 g/mol. The van der Waals surface area contributed by atoms with Crippen LogP contribution in [0.5, 0.6) is 0 Å². The molecule has 1 unspecified atom stereocenters. The van der Waals surface area contributed by atoms with Crippen LogP contribution in [-0.4, -0.2) is 100 Å². The van der Waals surface area contributed by atoms with Gasteiger partial charge >= 0.3 is 17.9 Å².